The minimum Gasteiger partial charge on any atom is -0.736 e. The number of para-hydroxylation sites is 4. The maximum Gasteiger partial charge on any atom is 2.00 e. The largest absolute Gasteiger partial charge is 2.00 e. The molecule has 0 aliphatic rings. The third kappa shape index (κ3) is 30.4. The van der Waals surface area contributed by atoms with Gasteiger partial charge in [-0.25, -0.2) is 9.13 Å². The fourth-order valence-electron chi connectivity index (χ4n) is 6.84. The van der Waals surface area contributed by atoms with E-state index in [0.29, 0.717) is 23.0 Å². The van der Waals surface area contributed by atoms with Gasteiger partial charge in [0.25, 0.3) is 0 Å². The SMILES string of the molecule is CC(C)c1cccc(C(C)C)c1OP(=O)([O-])Oc1c(C(C)C)cccc1C(C)C.CC(C)c1cccc(C(C)C)c1OP(=O)([O-])Oc1c(C(C)C)cccc1C(C)C.CO.CO.CO.CO.CO.CO.CO.CO.[Mn+2]. The smallest absolute Gasteiger partial charge is 0.736 e. The Hall–Kier alpha value is -3.34. The molecule has 0 aromatic heterocycles. The maximum atomic E-state index is 13.1. The van der Waals surface area contributed by atoms with Crippen LogP contribution >= 0.6 is 15.6 Å². The summed E-state index contributed by atoms with van der Waals surface area (Å²) in [5.74, 6) is 2.55. The molecule has 4 rings (SSSR count). The van der Waals surface area contributed by atoms with Gasteiger partial charge < -0.3 is 68.7 Å². The quantitative estimate of drug-likeness (QED) is 0.0382. The minimum atomic E-state index is -4.65. The summed E-state index contributed by atoms with van der Waals surface area (Å²) in [5.41, 5.74) is 6.87. The summed E-state index contributed by atoms with van der Waals surface area (Å²) in [6.45, 7) is 32.3. The molecule has 0 saturated carbocycles. The third-order valence-corrected chi connectivity index (χ3v) is 11.7. The fourth-order valence-corrected chi connectivity index (χ4v) is 8.65. The second kappa shape index (κ2) is 47.8. The molecule has 0 saturated heterocycles. The number of phosphoric acid groups is 2. The number of phosphoric ester groups is 2. The molecule has 0 heterocycles. The summed E-state index contributed by atoms with van der Waals surface area (Å²) < 4.78 is 48.7. The van der Waals surface area contributed by atoms with Crippen molar-refractivity contribution < 1.29 is 94.9 Å². The number of aliphatic hydroxyl groups excluding tert-OH is 8. The average Bonchev–Trinajstić information content (AvgIpc) is 3.38. The Kier molecular flexibility index (Phi) is 54.6. The van der Waals surface area contributed by atoms with Gasteiger partial charge in [0.1, 0.15) is 23.0 Å². The van der Waals surface area contributed by atoms with Gasteiger partial charge in [0.05, 0.1) is 0 Å². The van der Waals surface area contributed by atoms with Crippen molar-refractivity contribution in [1.29, 1.82) is 0 Å². The van der Waals surface area contributed by atoms with Gasteiger partial charge in [0.2, 0.25) is 0 Å². The van der Waals surface area contributed by atoms with Crippen molar-refractivity contribution in [1.82, 2.24) is 0 Å². The number of hydrogen-bond donors (Lipinski definition) is 8. The molecule has 75 heavy (non-hydrogen) atoms. The average molecular weight is 1150 g/mol. The summed E-state index contributed by atoms with van der Waals surface area (Å²) in [6, 6.07) is 23.1. The van der Waals surface area contributed by atoms with Gasteiger partial charge in [-0.1, -0.05) is 184 Å². The van der Waals surface area contributed by atoms with E-state index in [2.05, 4.69) is 0 Å². The van der Waals surface area contributed by atoms with Gasteiger partial charge in [0.15, 0.2) is 0 Å². The zero-order chi connectivity index (χ0) is 59.9. The second-order valence-electron chi connectivity index (χ2n) is 17.6. The van der Waals surface area contributed by atoms with Crippen molar-refractivity contribution in [3.05, 3.63) is 117 Å². The van der Waals surface area contributed by atoms with Gasteiger partial charge in [-0.2, -0.15) is 0 Å². The summed E-state index contributed by atoms with van der Waals surface area (Å²) in [7, 11) is -1.31. The van der Waals surface area contributed by atoms with E-state index in [0.717, 1.165) is 101 Å². The Morgan fingerprint density at radius 3 is 0.453 bits per heavy atom. The normalized spacial score (nSPS) is 10.2. The summed E-state index contributed by atoms with van der Waals surface area (Å²) >= 11 is 0. The van der Waals surface area contributed by atoms with E-state index in [1.165, 1.54) is 0 Å². The number of aliphatic hydroxyl groups is 8. The van der Waals surface area contributed by atoms with Crippen LogP contribution in [0.5, 0.6) is 23.0 Å². The summed E-state index contributed by atoms with van der Waals surface area (Å²) in [6.07, 6.45) is 0. The molecular weight excluding hydrogens is 1050 g/mol. The summed E-state index contributed by atoms with van der Waals surface area (Å²) in [5, 5.41) is 56.0. The second-order valence-corrected chi connectivity index (χ2v) is 20.1. The van der Waals surface area contributed by atoms with Crippen molar-refractivity contribution in [3.63, 3.8) is 0 Å². The Labute approximate surface area is 463 Å². The molecule has 4 aromatic rings. The van der Waals surface area contributed by atoms with E-state index >= 15 is 0 Å². The molecule has 8 N–H and O–H groups in total. The van der Waals surface area contributed by atoms with E-state index in [1.54, 1.807) is 0 Å². The Balaban J connectivity index is -0.000000192. The summed E-state index contributed by atoms with van der Waals surface area (Å²) in [4.78, 5) is 26.1. The first-order valence-electron chi connectivity index (χ1n) is 24.4. The molecule has 1 radical (unpaired) electrons. The van der Waals surface area contributed by atoms with Crippen LogP contribution in [0.3, 0.4) is 0 Å². The zero-order valence-corrected chi connectivity index (χ0v) is 52.6. The van der Waals surface area contributed by atoms with Crippen LogP contribution in [0.1, 0.15) is 203 Å². The predicted octanol–water partition coefficient (Wildman–Crippen LogP) is 11.1. The molecule has 0 atom stereocenters. The van der Waals surface area contributed by atoms with Crippen LogP contribution in [0.2, 0.25) is 0 Å². The first-order chi connectivity index (χ1) is 34.9. The Bertz CT molecular complexity index is 1700. The fraction of sp³-hybridized carbons (Fsp3) is 0.571. The van der Waals surface area contributed by atoms with Crippen molar-refractivity contribution >= 4 is 15.6 Å². The van der Waals surface area contributed by atoms with Crippen LogP contribution in [0.25, 0.3) is 0 Å². The minimum absolute atomic E-state index is 0. The van der Waals surface area contributed by atoms with Crippen molar-refractivity contribution in [2.45, 2.75) is 158 Å². The van der Waals surface area contributed by atoms with Crippen molar-refractivity contribution in [2.24, 2.45) is 0 Å². The van der Waals surface area contributed by atoms with Crippen LogP contribution in [0.4, 0.5) is 0 Å². The van der Waals surface area contributed by atoms with Gasteiger partial charge in [0, 0.05) is 56.9 Å². The van der Waals surface area contributed by atoms with Crippen LogP contribution in [-0.2, 0) is 26.2 Å². The monoisotopic (exact) mass is 1150 g/mol. The van der Waals surface area contributed by atoms with Gasteiger partial charge in [-0.05, 0) is 91.9 Å². The molecule has 0 amide bonds. The van der Waals surface area contributed by atoms with E-state index in [1.807, 2.05) is 184 Å². The van der Waals surface area contributed by atoms with Crippen molar-refractivity contribution in [3.8, 4) is 23.0 Å². The molecule has 19 heteroatoms. The van der Waals surface area contributed by atoms with Crippen LogP contribution in [-0.4, -0.2) is 97.7 Å². The van der Waals surface area contributed by atoms with Gasteiger partial charge >= 0.3 is 32.7 Å². The molecule has 16 nitrogen and oxygen atoms in total. The van der Waals surface area contributed by atoms with E-state index < -0.39 is 15.6 Å². The number of rotatable bonds is 16. The number of benzene rings is 4. The predicted molar refractivity (Wildman–Crippen MR) is 301 cm³/mol. The maximum absolute atomic E-state index is 13.1. The van der Waals surface area contributed by atoms with E-state index in [4.69, 9.17) is 58.9 Å². The first-order valence-corrected chi connectivity index (χ1v) is 27.3. The standard InChI is InChI=1S/2C24H35O4P.8CH4O.Mn/c2*1-15(2)19-11-9-12-20(16(3)4)23(19)27-29(25,26)28-24-21(17(5)6)13-10-14-22(24)18(7)8;8*1-2;/h2*9-18H,1-8H3,(H,25,26);8*2H,1H3;/q;;;;;;;;;;+2/p-2. The zero-order valence-electron chi connectivity index (χ0n) is 49.7. The molecule has 0 aliphatic carbocycles. The topological polar surface area (TPSA) is 279 Å². The molecule has 0 aliphatic heterocycles. The van der Waals surface area contributed by atoms with Crippen molar-refractivity contribution in [2.75, 3.05) is 56.9 Å². The van der Waals surface area contributed by atoms with Crippen LogP contribution in [0, 0.1) is 0 Å². The van der Waals surface area contributed by atoms with E-state index in [9.17, 15) is 18.9 Å². The molecule has 0 bridgehead atoms. The van der Waals surface area contributed by atoms with Crippen LogP contribution in [0.15, 0.2) is 72.8 Å². The molecule has 0 unspecified atom stereocenters. The molecular formula is C56H100MnO16P2. The molecule has 0 spiro atoms. The number of hydrogen-bond acceptors (Lipinski definition) is 16. The molecule has 437 valence electrons. The Morgan fingerprint density at radius 2 is 0.373 bits per heavy atom. The van der Waals surface area contributed by atoms with Gasteiger partial charge in [-0.15, -0.1) is 0 Å². The van der Waals surface area contributed by atoms with Crippen LogP contribution < -0.4 is 27.9 Å². The third-order valence-electron chi connectivity index (χ3n) is 10.1. The Morgan fingerprint density at radius 1 is 0.280 bits per heavy atom. The first kappa shape index (κ1) is 85.6. The van der Waals surface area contributed by atoms with E-state index in [-0.39, 0.29) is 64.4 Å². The van der Waals surface area contributed by atoms with Gasteiger partial charge in [-0.3, -0.25) is 0 Å². The molecule has 0 fully saturated rings. The molecule has 4 aromatic carbocycles.